The fourth-order valence-corrected chi connectivity index (χ4v) is 3.41. The number of hydrogen-bond donors (Lipinski definition) is 2. The molecule has 0 amide bonds. The lowest BCUT2D eigenvalue weighted by molar-refractivity contribution is 0.294. The van der Waals surface area contributed by atoms with E-state index in [2.05, 4.69) is 4.72 Å². The van der Waals surface area contributed by atoms with Crippen LogP contribution < -0.4 is 4.72 Å². The summed E-state index contributed by atoms with van der Waals surface area (Å²) in [5, 5.41) is 10.1. The van der Waals surface area contributed by atoms with Gasteiger partial charge in [0.2, 0.25) is 10.0 Å². The molecule has 4 nitrogen and oxygen atoms in total. The molecule has 0 spiro atoms. The predicted octanol–water partition coefficient (Wildman–Crippen LogP) is 1.89. The van der Waals surface area contributed by atoms with Crippen LogP contribution in [0.3, 0.4) is 0 Å². The summed E-state index contributed by atoms with van der Waals surface area (Å²) in [5.41, 5.74) is 0. The minimum absolute atomic E-state index is 0.181. The van der Waals surface area contributed by atoms with Gasteiger partial charge < -0.3 is 5.11 Å². The maximum absolute atomic E-state index is 11.9. The van der Waals surface area contributed by atoms with Crippen molar-refractivity contribution in [1.29, 1.82) is 0 Å². The molecule has 2 unspecified atom stereocenters. The van der Waals surface area contributed by atoms with Crippen molar-refractivity contribution < 1.29 is 13.5 Å². The lowest BCUT2D eigenvalue weighted by Gasteiger charge is -2.19. The maximum atomic E-state index is 11.9. The van der Waals surface area contributed by atoms with Crippen molar-refractivity contribution in [3.05, 3.63) is 22.4 Å². The van der Waals surface area contributed by atoms with Crippen molar-refractivity contribution >= 4 is 21.4 Å². The van der Waals surface area contributed by atoms with Crippen molar-refractivity contribution in [2.24, 2.45) is 0 Å². The van der Waals surface area contributed by atoms with Gasteiger partial charge in [-0.15, -0.1) is 11.3 Å². The van der Waals surface area contributed by atoms with Gasteiger partial charge in [-0.25, -0.2) is 13.1 Å². The number of sulfonamides is 1. The van der Waals surface area contributed by atoms with Crippen molar-refractivity contribution in [1.82, 2.24) is 4.72 Å². The molecule has 1 heterocycles. The first kappa shape index (κ1) is 14.6. The van der Waals surface area contributed by atoms with E-state index in [0.717, 1.165) is 17.7 Å². The van der Waals surface area contributed by atoms with E-state index in [4.69, 9.17) is 5.11 Å². The first-order valence-electron chi connectivity index (χ1n) is 5.66. The van der Waals surface area contributed by atoms with Gasteiger partial charge in [-0.1, -0.05) is 19.4 Å². The highest BCUT2D eigenvalue weighted by Crippen LogP contribution is 2.24. The maximum Gasteiger partial charge on any atom is 0.217 e. The fourth-order valence-electron chi connectivity index (χ4n) is 1.45. The highest BCUT2D eigenvalue weighted by atomic mass is 32.2. The van der Waals surface area contributed by atoms with E-state index in [1.807, 2.05) is 24.4 Å². The van der Waals surface area contributed by atoms with Gasteiger partial charge in [-0.2, -0.15) is 0 Å². The Balaban J connectivity index is 2.81. The standard InChI is InChI=1S/C11H19NO3S2/c1-3-5-10(11-6-4-7-16-11)12-17(14,15)9(2)8-13/h4,6-7,9-10,12-13H,3,5,8H2,1-2H3. The van der Waals surface area contributed by atoms with Crippen molar-refractivity contribution in [3.8, 4) is 0 Å². The van der Waals surface area contributed by atoms with Gasteiger partial charge in [0, 0.05) is 4.88 Å². The zero-order valence-corrected chi connectivity index (χ0v) is 11.7. The minimum atomic E-state index is -3.45. The van der Waals surface area contributed by atoms with Crippen LogP contribution in [0.1, 0.15) is 37.6 Å². The second-order valence-corrected chi connectivity index (χ2v) is 7.12. The van der Waals surface area contributed by atoms with E-state index >= 15 is 0 Å². The molecular formula is C11H19NO3S2. The quantitative estimate of drug-likeness (QED) is 0.800. The smallest absolute Gasteiger partial charge is 0.217 e. The van der Waals surface area contributed by atoms with Crippen LogP contribution in [0.5, 0.6) is 0 Å². The summed E-state index contributed by atoms with van der Waals surface area (Å²) in [5.74, 6) is 0. The SMILES string of the molecule is CCCC(NS(=O)(=O)C(C)CO)c1cccs1. The molecular weight excluding hydrogens is 258 g/mol. The Morgan fingerprint density at radius 3 is 2.71 bits per heavy atom. The second-order valence-electron chi connectivity index (χ2n) is 4.01. The molecule has 0 saturated carbocycles. The number of nitrogens with one attached hydrogen (secondary N) is 1. The normalized spacial score (nSPS) is 15.7. The fraction of sp³-hybridized carbons (Fsp3) is 0.636. The summed E-state index contributed by atoms with van der Waals surface area (Å²) in [6.45, 7) is 3.16. The lowest BCUT2D eigenvalue weighted by Crippen LogP contribution is -2.36. The van der Waals surface area contributed by atoms with Crippen molar-refractivity contribution in [3.63, 3.8) is 0 Å². The van der Waals surface area contributed by atoms with E-state index in [0.29, 0.717) is 0 Å². The Morgan fingerprint density at radius 2 is 2.24 bits per heavy atom. The predicted molar refractivity (Wildman–Crippen MR) is 70.6 cm³/mol. The molecule has 0 aliphatic carbocycles. The number of aliphatic hydroxyl groups excluding tert-OH is 1. The van der Waals surface area contributed by atoms with Crippen LogP contribution in [0.25, 0.3) is 0 Å². The zero-order valence-electron chi connectivity index (χ0n) is 10.1. The molecule has 0 radical (unpaired) electrons. The molecule has 1 aromatic rings. The Hall–Kier alpha value is -0.430. The first-order chi connectivity index (χ1) is 8.01. The van der Waals surface area contributed by atoms with Gasteiger partial charge in [-0.05, 0) is 24.8 Å². The number of thiophene rings is 1. The number of rotatable bonds is 7. The molecule has 1 aromatic heterocycles. The van der Waals surface area contributed by atoms with Crippen molar-refractivity contribution in [2.45, 2.75) is 38.0 Å². The first-order valence-corrected chi connectivity index (χ1v) is 8.09. The zero-order chi connectivity index (χ0) is 12.9. The highest BCUT2D eigenvalue weighted by Gasteiger charge is 2.24. The largest absolute Gasteiger partial charge is 0.395 e. The second kappa shape index (κ2) is 6.49. The van der Waals surface area contributed by atoms with E-state index in [1.165, 1.54) is 6.92 Å². The van der Waals surface area contributed by atoms with Crippen LogP contribution in [-0.4, -0.2) is 25.4 Å². The summed E-state index contributed by atoms with van der Waals surface area (Å²) >= 11 is 1.54. The van der Waals surface area contributed by atoms with Crippen LogP contribution in [-0.2, 0) is 10.0 Å². The van der Waals surface area contributed by atoms with Gasteiger partial charge >= 0.3 is 0 Å². The molecule has 0 saturated heterocycles. The molecule has 0 fully saturated rings. The molecule has 0 aliphatic heterocycles. The highest BCUT2D eigenvalue weighted by molar-refractivity contribution is 7.90. The van der Waals surface area contributed by atoms with E-state index < -0.39 is 15.3 Å². The van der Waals surface area contributed by atoms with Gasteiger partial charge in [0.1, 0.15) is 0 Å². The summed E-state index contributed by atoms with van der Waals surface area (Å²) in [6, 6.07) is 3.66. The summed E-state index contributed by atoms with van der Waals surface area (Å²) in [6.07, 6.45) is 1.66. The third-order valence-electron chi connectivity index (χ3n) is 2.56. The van der Waals surface area contributed by atoms with Gasteiger partial charge in [0.15, 0.2) is 0 Å². The van der Waals surface area contributed by atoms with Gasteiger partial charge in [0.25, 0.3) is 0 Å². The molecule has 98 valence electrons. The summed E-state index contributed by atoms with van der Waals surface area (Å²) < 4.78 is 26.4. The molecule has 0 aliphatic rings. The third kappa shape index (κ3) is 4.06. The molecule has 2 N–H and O–H groups in total. The summed E-state index contributed by atoms with van der Waals surface area (Å²) in [4.78, 5) is 1.01. The molecule has 0 aromatic carbocycles. The van der Waals surface area contributed by atoms with Crippen molar-refractivity contribution in [2.75, 3.05) is 6.61 Å². The molecule has 1 rings (SSSR count). The number of hydrogen-bond acceptors (Lipinski definition) is 4. The van der Waals surface area contributed by atoms with Crippen LogP contribution in [0.15, 0.2) is 17.5 Å². The topological polar surface area (TPSA) is 66.4 Å². The van der Waals surface area contributed by atoms with Crippen LogP contribution in [0.4, 0.5) is 0 Å². The van der Waals surface area contributed by atoms with Crippen LogP contribution in [0.2, 0.25) is 0 Å². The van der Waals surface area contributed by atoms with Gasteiger partial charge in [0.05, 0.1) is 17.9 Å². The van der Waals surface area contributed by atoms with E-state index in [-0.39, 0.29) is 12.6 Å². The average molecular weight is 277 g/mol. The Labute approximate surface area is 107 Å². The van der Waals surface area contributed by atoms with E-state index in [1.54, 1.807) is 11.3 Å². The van der Waals surface area contributed by atoms with Crippen LogP contribution in [0, 0.1) is 0 Å². The lowest BCUT2D eigenvalue weighted by atomic mass is 10.1. The minimum Gasteiger partial charge on any atom is -0.395 e. The third-order valence-corrected chi connectivity index (χ3v) is 5.36. The molecule has 2 atom stereocenters. The average Bonchev–Trinajstić information content (AvgIpc) is 2.80. The summed E-state index contributed by atoms with van der Waals surface area (Å²) in [7, 11) is -3.45. The molecule has 6 heteroatoms. The van der Waals surface area contributed by atoms with Gasteiger partial charge in [-0.3, -0.25) is 0 Å². The Morgan fingerprint density at radius 1 is 1.53 bits per heavy atom. The van der Waals surface area contributed by atoms with Crippen LogP contribution >= 0.6 is 11.3 Å². The molecule has 0 bridgehead atoms. The molecule has 17 heavy (non-hydrogen) atoms. The number of aliphatic hydroxyl groups is 1. The Bertz CT molecular complexity index is 414. The monoisotopic (exact) mass is 277 g/mol. The Kier molecular flexibility index (Phi) is 5.58. The van der Waals surface area contributed by atoms with E-state index in [9.17, 15) is 8.42 Å².